The zero-order chi connectivity index (χ0) is 12.5. The summed E-state index contributed by atoms with van der Waals surface area (Å²) in [5, 5.41) is 10.6. The maximum Gasteiger partial charge on any atom is 0.416 e. The first-order valence-corrected chi connectivity index (χ1v) is 4.59. The third-order valence-electron chi connectivity index (χ3n) is 2.17. The van der Waals surface area contributed by atoms with Gasteiger partial charge < -0.3 is 0 Å². The zero-order valence-corrected chi connectivity index (χ0v) is 8.71. The van der Waals surface area contributed by atoms with E-state index in [-0.39, 0.29) is 17.2 Å². The van der Waals surface area contributed by atoms with Crippen LogP contribution in [0, 0.1) is 10.1 Å². The lowest BCUT2D eigenvalue weighted by atomic mass is 9.98. The van der Waals surface area contributed by atoms with Crippen LogP contribution in [0.25, 0.3) is 0 Å². The van der Waals surface area contributed by atoms with Gasteiger partial charge in [0.15, 0.2) is 0 Å². The zero-order valence-electron chi connectivity index (χ0n) is 8.71. The number of hydrogen-bond acceptors (Lipinski definition) is 2. The highest BCUT2D eigenvalue weighted by atomic mass is 19.4. The smallest absolute Gasteiger partial charge is 0.258 e. The lowest BCUT2D eigenvalue weighted by molar-refractivity contribution is -0.385. The molecule has 0 saturated carbocycles. The second-order valence-corrected chi connectivity index (χ2v) is 3.68. The fraction of sp³-hybridized carbons (Fsp3) is 0.400. The van der Waals surface area contributed by atoms with Crippen molar-refractivity contribution in [3.05, 3.63) is 39.4 Å². The van der Waals surface area contributed by atoms with Gasteiger partial charge in [0.1, 0.15) is 0 Å². The predicted molar refractivity (Wildman–Crippen MR) is 52.2 cm³/mol. The number of halogens is 3. The van der Waals surface area contributed by atoms with Crippen molar-refractivity contribution in [3.63, 3.8) is 0 Å². The Morgan fingerprint density at radius 3 is 2.25 bits per heavy atom. The van der Waals surface area contributed by atoms with E-state index in [1.54, 1.807) is 13.8 Å². The summed E-state index contributed by atoms with van der Waals surface area (Å²) in [6.07, 6.45) is -4.47. The average Bonchev–Trinajstić information content (AvgIpc) is 2.15. The number of alkyl halides is 3. The molecule has 0 atom stereocenters. The third kappa shape index (κ3) is 2.50. The lowest BCUT2D eigenvalue weighted by Gasteiger charge is -2.11. The summed E-state index contributed by atoms with van der Waals surface area (Å²) >= 11 is 0. The van der Waals surface area contributed by atoms with Crippen LogP contribution in [0.5, 0.6) is 0 Å². The molecule has 1 aromatic carbocycles. The van der Waals surface area contributed by atoms with Crippen molar-refractivity contribution in [1.82, 2.24) is 0 Å². The molecule has 16 heavy (non-hydrogen) atoms. The van der Waals surface area contributed by atoms with E-state index in [1.165, 1.54) is 0 Å². The minimum atomic E-state index is -4.47. The quantitative estimate of drug-likeness (QED) is 0.576. The molecular weight excluding hydrogens is 223 g/mol. The molecule has 0 spiro atoms. The molecule has 0 saturated heterocycles. The van der Waals surface area contributed by atoms with E-state index in [2.05, 4.69) is 0 Å². The minimum absolute atomic E-state index is 0.0971. The molecular formula is C10H10F3NO2. The fourth-order valence-electron chi connectivity index (χ4n) is 1.36. The summed E-state index contributed by atoms with van der Waals surface area (Å²) in [6, 6.07) is 2.46. The normalized spacial score (nSPS) is 11.9. The van der Waals surface area contributed by atoms with Crippen molar-refractivity contribution >= 4 is 5.69 Å². The van der Waals surface area contributed by atoms with Crippen LogP contribution in [-0.2, 0) is 6.18 Å². The Morgan fingerprint density at radius 1 is 1.31 bits per heavy atom. The molecule has 6 heteroatoms. The van der Waals surface area contributed by atoms with Crippen LogP contribution in [0.3, 0.4) is 0 Å². The fourth-order valence-corrected chi connectivity index (χ4v) is 1.36. The third-order valence-corrected chi connectivity index (χ3v) is 2.17. The van der Waals surface area contributed by atoms with Gasteiger partial charge in [-0.05, 0) is 18.1 Å². The molecule has 0 aliphatic rings. The Labute approximate surface area is 90.0 Å². The Morgan fingerprint density at radius 2 is 1.88 bits per heavy atom. The van der Waals surface area contributed by atoms with Crippen LogP contribution in [0.2, 0.25) is 0 Å². The SMILES string of the molecule is CC(C)c1cc(C(F)(F)F)ccc1[N+](=O)[O-]. The molecule has 0 unspecified atom stereocenters. The van der Waals surface area contributed by atoms with Gasteiger partial charge in [-0.25, -0.2) is 0 Å². The molecule has 0 N–H and O–H groups in total. The summed E-state index contributed by atoms with van der Waals surface area (Å²) in [7, 11) is 0. The van der Waals surface area contributed by atoms with Crippen LogP contribution in [0.15, 0.2) is 18.2 Å². The second kappa shape index (κ2) is 4.11. The molecule has 88 valence electrons. The van der Waals surface area contributed by atoms with Gasteiger partial charge in [-0.1, -0.05) is 13.8 Å². The summed E-state index contributed by atoms with van der Waals surface area (Å²) in [5.41, 5.74) is -1.04. The van der Waals surface area contributed by atoms with Gasteiger partial charge in [-0.3, -0.25) is 10.1 Å². The first-order chi connectivity index (χ1) is 7.23. The van der Waals surface area contributed by atoms with E-state index < -0.39 is 16.7 Å². The van der Waals surface area contributed by atoms with E-state index in [4.69, 9.17) is 0 Å². The lowest BCUT2D eigenvalue weighted by Crippen LogP contribution is -2.07. The van der Waals surface area contributed by atoms with Gasteiger partial charge in [0.2, 0.25) is 0 Å². The molecule has 0 amide bonds. The Bertz CT molecular complexity index is 413. The van der Waals surface area contributed by atoms with Crippen molar-refractivity contribution in [1.29, 1.82) is 0 Å². The number of nitro groups is 1. The number of benzene rings is 1. The van der Waals surface area contributed by atoms with E-state index in [0.29, 0.717) is 0 Å². The molecule has 0 aliphatic heterocycles. The van der Waals surface area contributed by atoms with E-state index >= 15 is 0 Å². The maximum absolute atomic E-state index is 12.4. The molecule has 3 nitrogen and oxygen atoms in total. The van der Waals surface area contributed by atoms with E-state index in [9.17, 15) is 23.3 Å². The molecule has 0 heterocycles. The van der Waals surface area contributed by atoms with Crippen molar-refractivity contribution < 1.29 is 18.1 Å². The molecule has 0 bridgehead atoms. The monoisotopic (exact) mass is 233 g/mol. The van der Waals surface area contributed by atoms with Crippen molar-refractivity contribution in [2.45, 2.75) is 25.9 Å². The van der Waals surface area contributed by atoms with Crippen molar-refractivity contribution in [2.24, 2.45) is 0 Å². The van der Waals surface area contributed by atoms with Gasteiger partial charge in [0.25, 0.3) is 5.69 Å². The van der Waals surface area contributed by atoms with Gasteiger partial charge in [0, 0.05) is 11.6 Å². The molecule has 1 aromatic rings. The number of hydrogen-bond donors (Lipinski definition) is 0. The summed E-state index contributed by atoms with van der Waals surface area (Å²) in [6.45, 7) is 3.23. The Kier molecular flexibility index (Phi) is 3.21. The Hall–Kier alpha value is -1.59. The molecule has 1 rings (SSSR count). The molecule has 0 radical (unpaired) electrons. The first kappa shape index (κ1) is 12.5. The summed E-state index contributed by atoms with van der Waals surface area (Å²) in [5.74, 6) is -0.331. The molecule has 0 aromatic heterocycles. The molecule has 0 aliphatic carbocycles. The number of nitrogens with zero attached hydrogens (tertiary/aromatic N) is 1. The van der Waals surface area contributed by atoms with Crippen LogP contribution < -0.4 is 0 Å². The minimum Gasteiger partial charge on any atom is -0.258 e. The summed E-state index contributed by atoms with van der Waals surface area (Å²) in [4.78, 5) is 9.94. The van der Waals surface area contributed by atoms with Gasteiger partial charge >= 0.3 is 6.18 Å². The van der Waals surface area contributed by atoms with Crippen molar-refractivity contribution in [3.8, 4) is 0 Å². The highest BCUT2D eigenvalue weighted by Crippen LogP contribution is 2.34. The van der Waals surface area contributed by atoms with E-state index in [1.807, 2.05) is 0 Å². The maximum atomic E-state index is 12.4. The van der Waals surface area contributed by atoms with E-state index in [0.717, 1.165) is 18.2 Å². The standard InChI is InChI=1S/C10H10F3NO2/c1-6(2)8-5-7(10(11,12)13)3-4-9(8)14(15)16/h3-6H,1-2H3. The van der Waals surface area contributed by atoms with Crippen molar-refractivity contribution in [2.75, 3.05) is 0 Å². The number of rotatable bonds is 2. The van der Waals surface area contributed by atoms with Crippen LogP contribution in [0.1, 0.15) is 30.9 Å². The average molecular weight is 233 g/mol. The topological polar surface area (TPSA) is 43.1 Å². The molecule has 0 fully saturated rings. The van der Waals surface area contributed by atoms with Gasteiger partial charge in [-0.2, -0.15) is 13.2 Å². The van der Waals surface area contributed by atoms with Crippen LogP contribution in [-0.4, -0.2) is 4.92 Å². The number of nitro benzene ring substituents is 1. The van der Waals surface area contributed by atoms with Crippen LogP contribution >= 0.6 is 0 Å². The van der Waals surface area contributed by atoms with Gasteiger partial charge in [0.05, 0.1) is 10.5 Å². The van der Waals surface area contributed by atoms with Crippen LogP contribution in [0.4, 0.5) is 18.9 Å². The Balaban J connectivity index is 3.34. The highest BCUT2D eigenvalue weighted by molar-refractivity contribution is 5.45. The van der Waals surface area contributed by atoms with Gasteiger partial charge in [-0.15, -0.1) is 0 Å². The largest absolute Gasteiger partial charge is 0.416 e. The highest BCUT2D eigenvalue weighted by Gasteiger charge is 2.32. The first-order valence-electron chi connectivity index (χ1n) is 4.59. The second-order valence-electron chi connectivity index (χ2n) is 3.68. The predicted octanol–water partition coefficient (Wildman–Crippen LogP) is 3.74. The summed E-state index contributed by atoms with van der Waals surface area (Å²) < 4.78 is 37.2.